The van der Waals surface area contributed by atoms with Gasteiger partial charge in [-0.05, 0) is 110 Å². The summed E-state index contributed by atoms with van der Waals surface area (Å²) in [6.45, 7) is 3.49. The zero-order valence-electron chi connectivity index (χ0n) is 20.7. The first-order valence-electron chi connectivity index (χ1n) is 13.1. The molecule has 5 nitrogen and oxygen atoms in total. The van der Waals surface area contributed by atoms with Crippen LogP contribution in [0.4, 0.5) is 11.4 Å². The van der Waals surface area contributed by atoms with E-state index in [1.54, 1.807) is 12.1 Å². The highest BCUT2D eigenvalue weighted by atomic mass is 35.5. The van der Waals surface area contributed by atoms with Crippen LogP contribution in [0.5, 0.6) is 5.75 Å². The number of phenols is 1. The average Bonchev–Trinajstić information content (AvgIpc) is 3.57. The largest absolute Gasteiger partial charge is 0.505 e. The van der Waals surface area contributed by atoms with Crippen molar-refractivity contribution in [2.24, 2.45) is 5.92 Å². The molecule has 2 aliphatic rings. The number of pyridine rings is 2. The van der Waals surface area contributed by atoms with Gasteiger partial charge in [-0.25, -0.2) is 0 Å². The van der Waals surface area contributed by atoms with E-state index in [4.69, 9.17) is 28.2 Å². The summed E-state index contributed by atoms with van der Waals surface area (Å²) in [6.07, 6.45) is 13.1. The minimum Gasteiger partial charge on any atom is -0.505 e. The summed E-state index contributed by atoms with van der Waals surface area (Å²) in [5.41, 5.74) is 7.25. The van der Waals surface area contributed by atoms with Gasteiger partial charge in [0.2, 0.25) is 0 Å². The minimum absolute atomic E-state index is 0.0965. The molecular formula is C30H30Cl2N4O. The number of nitrogens with zero attached hydrogens (tertiary/aromatic N) is 3. The van der Waals surface area contributed by atoms with E-state index >= 15 is 0 Å². The van der Waals surface area contributed by atoms with Crippen molar-refractivity contribution in [3.8, 4) is 16.9 Å². The fraction of sp³-hybridized carbons (Fsp3) is 0.333. The number of hydrogen-bond donors (Lipinski definition) is 2. The highest BCUT2D eigenvalue weighted by molar-refractivity contribution is 6.37. The van der Waals surface area contributed by atoms with Gasteiger partial charge in [0, 0.05) is 24.3 Å². The molecular weight excluding hydrogens is 503 g/mol. The van der Waals surface area contributed by atoms with Crippen molar-refractivity contribution in [1.82, 2.24) is 14.9 Å². The van der Waals surface area contributed by atoms with Crippen LogP contribution in [0.1, 0.15) is 36.8 Å². The quantitative estimate of drug-likeness (QED) is 0.244. The molecule has 0 spiro atoms. The van der Waals surface area contributed by atoms with Gasteiger partial charge in [0.15, 0.2) is 5.75 Å². The Morgan fingerprint density at radius 1 is 0.946 bits per heavy atom. The maximum atomic E-state index is 10.0. The molecule has 7 heteroatoms. The first-order chi connectivity index (χ1) is 18.0. The van der Waals surface area contributed by atoms with Gasteiger partial charge in [0.25, 0.3) is 0 Å². The molecule has 2 aromatic heterocycles. The second kappa shape index (κ2) is 10.5. The minimum atomic E-state index is -0.0965. The van der Waals surface area contributed by atoms with Gasteiger partial charge in [-0.15, -0.1) is 0 Å². The van der Waals surface area contributed by atoms with E-state index in [0.29, 0.717) is 0 Å². The Morgan fingerprint density at radius 3 is 2.49 bits per heavy atom. The third-order valence-corrected chi connectivity index (χ3v) is 8.06. The maximum absolute atomic E-state index is 10.0. The van der Waals surface area contributed by atoms with E-state index in [0.717, 1.165) is 58.7 Å². The number of phenolic OH excluding ortho intramolecular Hbond substituents is 1. The van der Waals surface area contributed by atoms with Crippen LogP contribution in [-0.4, -0.2) is 39.6 Å². The van der Waals surface area contributed by atoms with Gasteiger partial charge in [-0.1, -0.05) is 29.3 Å². The molecule has 190 valence electrons. The molecule has 37 heavy (non-hydrogen) atoms. The van der Waals surface area contributed by atoms with E-state index in [1.165, 1.54) is 49.9 Å². The van der Waals surface area contributed by atoms with Crippen LogP contribution in [0, 0.1) is 5.92 Å². The molecule has 1 saturated carbocycles. The number of fused-ring (bicyclic) bond motifs is 1. The first-order valence-corrected chi connectivity index (χ1v) is 13.8. The van der Waals surface area contributed by atoms with Crippen LogP contribution < -0.4 is 5.32 Å². The average molecular weight is 534 g/mol. The van der Waals surface area contributed by atoms with Gasteiger partial charge in [-0.3, -0.25) is 9.97 Å². The predicted molar refractivity (Wildman–Crippen MR) is 152 cm³/mol. The van der Waals surface area contributed by atoms with Crippen LogP contribution in [0.2, 0.25) is 10.0 Å². The highest BCUT2D eigenvalue weighted by Gasteiger charge is 2.24. The van der Waals surface area contributed by atoms with E-state index in [1.807, 2.05) is 30.7 Å². The van der Waals surface area contributed by atoms with Crippen molar-refractivity contribution in [2.75, 3.05) is 25.0 Å². The van der Waals surface area contributed by atoms with E-state index in [2.05, 4.69) is 27.3 Å². The summed E-state index contributed by atoms with van der Waals surface area (Å²) in [7, 11) is 0. The topological polar surface area (TPSA) is 61.3 Å². The Morgan fingerprint density at radius 2 is 1.73 bits per heavy atom. The molecule has 2 fully saturated rings. The highest BCUT2D eigenvalue weighted by Crippen LogP contribution is 2.40. The fourth-order valence-corrected chi connectivity index (χ4v) is 5.70. The van der Waals surface area contributed by atoms with Gasteiger partial charge in [-0.2, -0.15) is 0 Å². The van der Waals surface area contributed by atoms with Crippen molar-refractivity contribution >= 4 is 45.5 Å². The predicted octanol–water partition coefficient (Wildman–Crippen LogP) is 7.64. The zero-order valence-corrected chi connectivity index (χ0v) is 22.2. The third-order valence-electron chi connectivity index (χ3n) is 7.48. The molecule has 1 aliphatic carbocycles. The van der Waals surface area contributed by atoms with Gasteiger partial charge < -0.3 is 15.3 Å². The summed E-state index contributed by atoms with van der Waals surface area (Å²) < 4.78 is 0. The summed E-state index contributed by atoms with van der Waals surface area (Å²) in [4.78, 5) is 11.9. The molecule has 2 N–H and O–H groups in total. The molecule has 6 rings (SSSR count). The van der Waals surface area contributed by atoms with E-state index in [-0.39, 0.29) is 15.8 Å². The number of rotatable bonds is 8. The lowest BCUT2D eigenvalue weighted by molar-refractivity contribution is 0.343. The SMILES string of the molecule is Oc1c(Cl)cc(-c2ccc3ncc(CC4CC4)c(Nc4cncc(CCN5CCCC5)c4)c3c2)cc1Cl. The third kappa shape index (κ3) is 5.54. The Balaban J connectivity index is 1.36. The lowest BCUT2D eigenvalue weighted by Gasteiger charge is -2.17. The van der Waals surface area contributed by atoms with E-state index in [9.17, 15) is 5.11 Å². The Kier molecular flexibility index (Phi) is 6.94. The van der Waals surface area contributed by atoms with Gasteiger partial charge >= 0.3 is 0 Å². The van der Waals surface area contributed by atoms with Crippen molar-refractivity contribution in [3.63, 3.8) is 0 Å². The summed E-state index contributed by atoms with van der Waals surface area (Å²) in [5, 5.41) is 15.2. The normalized spacial score (nSPS) is 15.9. The Hall–Kier alpha value is -2.86. The number of benzene rings is 2. The van der Waals surface area contributed by atoms with Crippen LogP contribution in [0.3, 0.4) is 0 Å². The molecule has 0 unspecified atom stereocenters. The standard InChI is InChI=1S/C30H30Cl2N4O/c31-26-14-22(15-27(32)30(26)37)21-5-6-28-25(13-21)29(23(17-34-28)11-19-3-4-19)35-24-12-20(16-33-18-24)7-10-36-8-1-2-9-36/h5-6,12-19,37H,1-4,7-11H2,(H,34,35). The number of likely N-dealkylation sites (tertiary alicyclic amines) is 1. The summed E-state index contributed by atoms with van der Waals surface area (Å²) >= 11 is 12.5. The zero-order chi connectivity index (χ0) is 25.4. The van der Waals surface area contributed by atoms with Crippen LogP contribution in [0.15, 0.2) is 55.0 Å². The molecule has 0 radical (unpaired) electrons. The molecule has 0 bridgehead atoms. The Labute approximate surface area is 227 Å². The lowest BCUT2D eigenvalue weighted by atomic mass is 9.99. The number of anilines is 2. The van der Waals surface area contributed by atoms with Crippen molar-refractivity contribution in [1.29, 1.82) is 0 Å². The van der Waals surface area contributed by atoms with Gasteiger partial charge in [0.05, 0.1) is 33.1 Å². The molecule has 2 aromatic carbocycles. The smallest absolute Gasteiger partial charge is 0.152 e. The summed E-state index contributed by atoms with van der Waals surface area (Å²) in [5.74, 6) is 0.628. The van der Waals surface area contributed by atoms with Crippen LogP contribution in [0.25, 0.3) is 22.0 Å². The molecule has 0 amide bonds. The number of aromatic nitrogens is 2. The molecule has 1 saturated heterocycles. The van der Waals surface area contributed by atoms with E-state index < -0.39 is 0 Å². The van der Waals surface area contributed by atoms with Crippen LogP contribution >= 0.6 is 23.2 Å². The first kappa shape index (κ1) is 24.5. The number of nitrogens with one attached hydrogen (secondary N) is 1. The fourth-order valence-electron chi connectivity index (χ4n) is 5.21. The summed E-state index contributed by atoms with van der Waals surface area (Å²) in [6, 6.07) is 11.9. The molecule has 0 atom stereocenters. The van der Waals surface area contributed by atoms with Crippen molar-refractivity contribution in [3.05, 3.63) is 76.2 Å². The van der Waals surface area contributed by atoms with Gasteiger partial charge in [0.1, 0.15) is 0 Å². The molecule has 1 aliphatic heterocycles. The van der Waals surface area contributed by atoms with Crippen LogP contribution in [-0.2, 0) is 12.8 Å². The number of hydrogen-bond acceptors (Lipinski definition) is 5. The second-order valence-electron chi connectivity index (χ2n) is 10.3. The van der Waals surface area contributed by atoms with Crippen molar-refractivity contribution in [2.45, 2.75) is 38.5 Å². The molecule has 4 aromatic rings. The second-order valence-corrected chi connectivity index (χ2v) is 11.1. The Bertz CT molecular complexity index is 1420. The van der Waals surface area contributed by atoms with Crippen molar-refractivity contribution < 1.29 is 5.11 Å². The monoisotopic (exact) mass is 532 g/mol. The lowest BCUT2D eigenvalue weighted by Crippen LogP contribution is -2.21. The molecule has 3 heterocycles. The number of halogens is 2. The number of aromatic hydroxyl groups is 1. The maximum Gasteiger partial charge on any atom is 0.152 e.